The molecular weight excluding hydrogens is 376 g/mol. The molecule has 1 rings (SSSR count). The molecule has 1 aromatic carbocycles. The van der Waals surface area contributed by atoms with Gasteiger partial charge in [-0.25, -0.2) is 0 Å². The summed E-state index contributed by atoms with van der Waals surface area (Å²) in [7, 11) is 0. The van der Waals surface area contributed by atoms with Crippen LogP contribution < -0.4 is 4.84 Å². The van der Waals surface area contributed by atoms with Crippen LogP contribution in [0.5, 0.6) is 5.75 Å². The Morgan fingerprint density at radius 2 is 1.18 bits per heavy atom. The Bertz CT molecular complexity index is 708. The summed E-state index contributed by atoms with van der Waals surface area (Å²) >= 11 is 0. The minimum atomic E-state index is -1.26. The third-order valence-electron chi connectivity index (χ3n) is 3.49. The number of hydroxylamine groups is 2. The highest BCUT2D eigenvalue weighted by atomic mass is 16.7. The van der Waals surface area contributed by atoms with Crippen LogP contribution in [0.25, 0.3) is 0 Å². The minimum absolute atomic E-state index is 0.0640. The van der Waals surface area contributed by atoms with Crippen LogP contribution in [0.3, 0.4) is 0 Å². The average Bonchev–Trinajstić information content (AvgIpc) is 2.48. The first-order chi connectivity index (χ1) is 13.0. The van der Waals surface area contributed by atoms with Crippen molar-refractivity contribution in [1.29, 1.82) is 0 Å². The summed E-state index contributed by atoms with van der Waals surface area (Å²) in [5, 5.41) is 36.4. The van der Waals surface area contributed by atoms with E-state index in [2.05, 4.69) is 0 Å². The van der Waals surface area contributed by atoms with E-state index in [1.165, 1.54) is 4.90 Å². The molecule has 0 radical (unpaired) electrons. The molecule has 154 valence electrons. The van der Waals surface area contributed by atoms with Crippen molar-refractivity contribution in [2.45, 2.75) is 20.4 Å². The van der Waals surface area contributed by atoms with Gasteiger partial charge in [0.05, 0.1) is 13.1 Å². The second-order valence-corrected chi connectivity index (χ2v) is 6.17. The van der Waals surface area contributed by atoms with Crippen LogP contribution in [-0.2, 0) is 25.7 Å². The normalized spacial score (nSPS) is 10.9. The first kappa shape index (κ1) is 22.9. The maximum Gasteiger partial charge on any atom is 0.321 e. The lowest BCUT2D eigenvalue weighted by molar-refractivity contribution is -0.157. The van der Waals surface area contributed by atoms with Crippen molar-refractivity contribution in [2.24, 2.45) is 0 Å². The Kier molecular flexibility index (Phi) is 8.35. The second kappa shape index (κ2) is 10.2. The zero-order valence-electron chi connectivity index (χ0n) is 15.4. The lowest BCUT2D eigenvalue weighted by Crippen LogP contribution is -2.37. The predicted octanol–water partition coefficient (Wildman–Crippen LogP) is 0.0396. The third-order valence-corrected chi connectivity index (χ3v) is 3.49. The zero-order valence-corrected chi connectivity index (χ0v) is 15.4. The zero-order chi connectivity index (χ0) is 21.4. The maximum atomic E-state index is 10.9. The van der Waals surface area contributed by atoms with Crippen LogP contribution in [0.2, 0.25) is 0 Å². The molecule has 11 nitrogen and oxygen atoms in total. The number of aliphatic carboxylic acids is 4. The number of aryl methyl sites for hydroxylation is 2. The molecule has 0 aromatic heterocycles. The van der Waals surface area contributed by atoms with Crippen LogP contribution >= 0.6 is 0 Å². The van der Waals surface area contributed by atoms with E-state index in [0.29, 0.717) is 16.7 Å². The van der Waals surface area contributed by atoms with E-state index in [1.807, 2.05) is 0 Å². The molecule has 0 saturated heterocycles. The van der Waals surface area contributed by atoms with Crippen molar-refractivity contribution in [1.82, 2.24) is 9.96 Å². The van der Waals surface area contributed by atoms with Crippen molar-refractivity contribution < 1.29 is 44.4 Å². The number of benzene rings is 1. The van der Waals surface area contributed by atoms with E-state index in [9.17, 15) is 19.2 Å². The highest BCUT2D eigenvalue weighted by molar-refractivity contribution is 5.73. The van der Waals surface area contributed by atoms with Gasteiger partial charge in [-0.05, 0) is 30.5 Å². The third kappa shape index (κ3) is 8.01. The highest BCUT2D eigenvalue weighted by Crippen LogP contribution is 2.26. The van der Waals surface area contributed by atoms with Gasteiger partial charge in [0.2, 0.25) is 0 Å². The Hall–Kier alpha value is -3.18. The lowest BCUT2D eigenvalue weighted by atomic mass is 10.1. The molecule has 1 aromatic rings. The standard InChI is InChI=1S/C17H22N2O9/c1-10-3-12(5-18(6-13(20)21)7-14(22)23)4-11(2)17(10)28-19(8-15(24)25)9-16(26)27/h3-4H,5-9H2,1-2H3,(H,20,21)(H,22,23)(H,24,25)(H,26,27). The fourth-order valence-corrected chi connectivity index (χ4v) is 2.63. The topological polar surface area (TPSA) is 165 Å². The first-order valence-electron chi connectivity index (χ1n) is 8.10. The van der Waals surface area contributed by atoms with Gasteiger partial charge >= 0.3 is 23.9 Å². The SMILES string of the molecule is Cc1cc(CN(CC(=O)O)CC(=O)O)cc(C)c1ON(CC(=O)O)CC(=O)O. The number of carboxylic acids is 4. The molecule has 0 aliphatic rings. The molecule has 0 spiro atoms. The molecule has 11 heteroatoms. The van der Waals surface area contributed by atoms with Crippen LogP contribution in [0.1, 0.15) is 16.7 Å². The van der Waals surface area contributed by atoms with Gasteiger partial charge in [0.1, 0.15) is 13.1 Å². The summed E-state index contributed by atoms with van der Waals surface area (Å²) in [6.07, 6.45) is 0. The van der Waals surface area contributed by atoms with E-state index in [1.54, 1.807) is 26.0 Å². The summed E-state index contributed by atoms with van der Waals surface area (Å²) in [4.78, 5) is 50.3. The summed E-state index contributed by atoms with van der Waals surface area (Å²) in [6, 6.07) is 3.28. The average molecular weight is 398 g/mol. The molecule has 0 bridgehead atoms. The number of hydrogen-bond acceptors (Lipinski definition) is 7. The Labute approximate surface area is 160 Å². The number of rotatable bonds is 12. The summed E-state index contributed by atoms with van der Waals surface area (Å²) in [5.41, 5.74) is 1.75. The largest absolute Gasteiger partial charge is 0.480 e. The molecule has 0 aliphatic heterocycles. The van der Waals surface area contributed by atoms with Gasteiger partial charge in [-0.3, -0.25) is 24.1 Å². The number of nitrogens with zero attached hydrogens (tertiary/aromatic N) is 2. The quantitative estimate of drug-likeness (QED) is 0.351. The van der Waals surface area contributed by atoms with Crippen molar-refractivity contribution in [3.63, 3.8) is 0 Å². The van der Waals surface area contributed by atoms with Gasteiger partial charge in [-0.2, -0.15) is 0 Å². The fourth-order valence-electron chi connectivity index (χ4n) is 2.63. The molecule has 4 N–H and O–H groups in total. The molecule has 0 fully saturated rings. The molecule has 0 aliphatic carbocycles. The second-order valence-electron chi connectivity index (χ2n) is 6.17. The lowest BCUT2D eigenvalue weighted by Gasteiger charge is -2.23. The number of hydrogen-bond donors (Lipinski definition) is 4. The summed E-state index contributed by atoms with van der Waals surface area (Å²) in [6.45, 7) is 1.19. The van der Waals surface area contributed by atoms with Crippen LogP contribution in [0.15, 0.2) is 12.1 Å². The monoisotopic (exact) mass is 398 g/mol. The first-order valence-corrected chi connectivity index (χ1v) is 8.10. The molecule has 0 saturated carbocycles. The summed E-state index contributed by atoms with van der Waals surface area (Å²) < 4.78 is 0. The molecule has 0 unspecified atom stereocenters. The molecule has 28 heavy (non-hydrogen) atoms. The van der Waals surface area contributed by atoms with Crippen LogP contribution in [0, 0.1) is 13.8 Å². The van der Waals surface area contributed by atoms with E-state index in [-0.39, 0.29) is 12.3 Å². The van der Waals surface area contributed by atoms with E-state index >= 15 is 0 Å². The van der Waals surface area contributed by atoms with Gasteiger partial charge in [0.25, 0.3) is 0 Å². The molecular formula is C17H22N2O9. The molecule has 0 atom stereocenters. The van der Waals surface area contributed by atoms with Gasteiger partial charge in [0.15, 0.2) is 5.75 Å². The Balaban J connectivity index is 3.04. The van der Waals surface area contributed by atoms with E-state index < -0.39 is 50.1 Å². The Morgan fingerprint density at radius 1 is 0.786 bits per heavy atom. The number of carbonyl (C=O) groups is 4. The minimum Gasteiger partial charge on any atom is -0.480 e. The highest BCUT2D eigenvalue weighted by Gasteiger charge is 2.19. The number of carboxylic acid groups (broad SMARTS) is 4. The van der Waals surface area contributed by atoms with Gasteiger partial charge < -0.3 is 25.3 Å². The Morgan fingerprint density at radius 3 is 1.54 bits per heavy atom. The van der Waals surface area contributed by atoms with Gasteiger partial charge in [-0.15, -0.1) is 5.06 Å². The maximum absolute atomic E-state index is 10.9. The van der Waals surface area contributed by atoms with Crippen molar-refractivity contribution in [3.8, 4) is 5.75 Å². The molecule has 0 heterocycles. The van der Waals surface area contributed by atoms with Crippen molar-refractivity contribution in [3.05, 3.63) is 28.8 Å². The van der Waals surface area contributed by atoms with Crippen molar-refractivity contribution in [2.75, 3.05) is 26.2 Å². The smallest absolute Gasteiger partial charge is 0.321 e. The van der Waals surface area contributed by atoms with Crippen LogP contribution in [-0.4, -0.2) is 80.4 Å². The van der Waals surface area contributed by atoms with E-state index in [0.717, 1.165) is 5.06 Å². The van der Waals surface area contributed by atoms with Crippen LogP contribution in [0.4, 0.5) is 0 Å². The van der Waals surface area contributed by atoms with Gasteiger partial charge in [-0.1, -0.05) is 12.1 Å². The predicted molar refractivity (Wildman–Crippen MR) is 93.9 cm³/mol. The van der Waals surface area contributed by atoms with E-state index in [4.69, 9.17) is 25.3 Å². The van der Waals surface area contributed by atoms with Gasteiger partial charge in [0, 0.05) is 6.54 Å². The summed E-state index contributed by atoms with van der Waals surface area (Å²) in [5.74, 6) is -4.56. The fraction of sp³-hybridized carbons (Fsp3) is 0.412. The molecule has 0 amide bonds. The van der Waals surface area contributed by atoms with Crippen molar-refractivity contribution >= 4 is 23.9 Å².